The van der Waals surface area contributed by atoms with Crippen molar-refractivity contribution in [1.29, 1.82) is 0 Å². The molecule has 1 rings (SSSR count). The Labute approximate surface area is 64.7 Å². The van der Waals surface area contributed by atoms with Crippen LogP contribution < -0.4 is 5.73 Å². The average molecular weight is 165 g/mol. The maximum absolute atomic E-state index is 12.4. The summed E-state index contributed by atoms with van der Waals surface area (Å²) in [7, 11) is 1.40. The van der Waals surface area contributed by atoms with Gasteiger partial charge in [-0.15, -0.1) is 0 Å². The molecule has 0 aliphatic heterocycles. The molecule has 2 nitrogen and oxygen atoms in total. The average Bonchev–Trinajstić information content (AvgIpc) is 2.68. The predicted octanol–water partition coefficient (Wildman–Crippen LogP) is 1.01. The summed E-state index contributed by atoms with van der Waals surface area (Å²) in [5.74, 6) is -0.0394. The summed E-state index contributed by atoms with van der Waals surface area (Å²) < 4.78 is 29.4. The molecule has 66 valence electrons. The van der Waals surface area contributed by atoms with Crippen molar-refractivity contribution in [3.8, 4) is 0 Å². The number of nitrogens with two attached hydrogens (primary N) is 1. The lowest BCUT2D eigenvalue weighted by atomic mass is 9.96. The van der Waals surface area contributed by atoms with E-state index in [0.29, 0.717) is 0 Å². The number of rotatable bonds is 4. The zero-order chi connectivity index (χ0) is 8.48. The number of alkyl halides is 2. The van der Waals surface area contributed by atoms with Crippen molar-refractivity contribution in [3.05, 3.63) is 0 Å². The molecule has 0 aromatic rings. The van der Waals surface area contributed by atoms with Crippen LogP contribution in [0.5, 0.6) is 0 Å². The third-order valence-corrected chi connectivity index (χ3v) is 2.14. The van der Waals surface area contributed by atoms with Gasteiger partial charge in [-0.25, -0.2) is 8.78 Å². The number of methoxy groups -OCH3 is 1. The van der Waals surface area contributed by atoms with Crippen LogP contribution >= 0.6 is 0 Å². The molecule has 1 aliphatic rings. The third-order valence-electron chi connectivity index (χ3n) is 2.14. The van der Waals surface area contributed by atoms with Crippen molar-refractivity contribution in [2.75, 3.05) is 13.7 Å². The first-order chi connectivity index (χ1) is 5.11. The Morgan fingerprint density at radius 2 is 2.18 bits per heavy atom. The summed E-state index contributed by atoms with van der Waals surface area (Å²) in [6.07, 6.45) is -0.857. The molecule has 0 aromatic heterocycles. The number of halogens is 2. The Morgan fingerprint density at radius 1 is 1.64 bits per heavy atom. The van der Waals surface area contributed by atoms with Crippen molar-refractivity contribution < 1.29 is 13.5 Å². The Morgan fingerprint density at radius 3 is 2.45 bits per heavy atom. The summed E-state index contributed by atoms with van der Waals surface area (Å²) >= 11 is 0. The number of hydrogen-bond acceptors (Lipinski definition) is 2. The van der Waals surface area contributed by atoms with Crippen molar-refractivity contribution in [3.63, 3.8) is 0 Å². The van der Waals surface area contributed by atoms with Crippen molar-refractivity contribution in [1.82, 2.24) is 0 Å². The molecule has 11 heavy (non-hydrogen) atoms. The lowest BCUT2D eigenvalue weighted by molar-refractivity contribution is -0.00851. The quantitative estimate of drug-likeness (QED) is 0.674. The lowest BCUT2D eigenvalue weighted by Crippen LogP contribution is -2.53. The zero-order valence-electron chi connectivity index (χ0n) is 6.52. The molecule has 1 aliphatic carbocycles. The molecule has 0 saturated heterocycles. The second-order valence-corrected chi connectivity index (χ2v) is 3.12. The predicted molar refractivity (Wildman–Crippen MR) is 37.5 cm³/mol. The molecule has 1 saturated carbocycles. The van der Waals surface area contributed by atoms with Gasteiger partial charge in [0.2, 0.25) is 0 Å². The Kier molecular flexibility index (Phi) is 2.44. The van der Waals surface area contributed by atoms with E-state index in [0.717, 1.165) is 12.8 Å². The molecule has 1 atom stereocenters. The van der Waals surface area contributed by atoms with Gasteiger partial charge in [-0.2, -0.15) is 0 Å². The van der Waals surface area contributed by atoms with E-state index in [9.17, 15) is 8.78 Å². The highest BCUT2D eigenvalue weighted by molar-refractivity contribution is 5.00. The second-order valence-electron chi connectivity index (χ2n) is 3.12. The molecule has 0 bridgehead atoms. The summed E-state index contributed by atoms with van der Waals surface area (Å²) in [5, 5.41) is 0. The number of hydrogen-bond donors (Lipinski definition) is 1. The van der Waals surface area contributed by atoms with Crippen LogP contribution in [0.4, 0.5) is 8.78 Å². The lowest BCUT2D eigenvalue weighted by Gasteiger charge is -2.27. The first kappa shape index (κ1) is 8.87. The molecule has 4 heteroatoms. The van der Waals surface area contributed by atoms with Crippen LogP contribution in [0.3, 0.4) is 0 Å². The van der Waals surface area contributed by atoms with Gasteiger partial charge in [-0.3, -0.25) is 0 Å². The van der Waals surface area contributed by atoms with Gasteiger partial charge >= 0.3 is 0 Å². The van der Waals surface area contributed by atoms with Crippen LogP contribution in [0.2, 0.25) is 0 Å². The molecule has 0 aromatic carbocycles. The minimum Gasteiger partial charge on any atom is -0.383 e. The zero-order valence-corrected chi connectivity index (χ0v) is 6.52. The van der Waals surface area contributed by atoms with Crippen LogP contribution in [0.25, 0.3) is 0 Å². The van der Waals surface area contributed by atoms with Gasteiger partial charge < -0.3 is 10.5 Å². The third kappa shape index (κ3) is 1.68. The highest BCUT2D eigenvalue weighted by Gasteiger charge is 2.48. The van der Waals surface area contributed by atoms with Crippen LogP contribution in [0.1, 0.15) is 12.8 Å². The maximum atomic E-state index is 12.4. The SMILES string of the molecule is COCC(N)(C(F)F)C1CC1. The van der Waals surface area contributed by atoms with E-state index in [1.54, 1.807) is 0 Å². The first-order valence-corrected chi connectivity index (χ1v) is 3.67. The van der Waals surface area contributed by atoms with E-state index in [2.05, 4.69) is 4.74 Å². The van der Waals surface area contributed by atoms with E-state index < -0.39 is 12.0 Å². The maximum Gasteiger partial charge on any atom is 0.258 e. The molecule has 0 heterocycles. The van der Waals surface area contributed by atoms with Gasteiger partial charge in [0.1, 0.15) is 5.54 Å². The smallest absolute Gasteiger partial charge is 0.258 e. The normalized spacial score (nSPS) is 23.7. The highest BCUT2D eigenvalue weighted by Crippen LogP contribution is 2.41. The minimum absolute atomic E-state index is 0.0394. The standard InChI is InChI=1S/C7H13F2NO/c1-11-4-7(10,6(8)9)5-2-3-5/h5-6H,2-4,10H2,1H3. The van der Waals surface area contributed by atoms with Gasteiger partial charge in [-0.1, -0.05) is 0 Å². The fourth-order valence-electron chi connectivity index (χ4n) is 1.23. The molecule has 2 N–H and O–H groups in total. The van der Waals surface area contributed by atoms with E-state index in [-0.39, 0.29) is 12.5 Å². The van der Waals surface area contributed by atoms with E-state index >= 15 is 0 Å². The summed E-state index contributed by atoms with van der Waals surface area (Å²) in [6, 6.07) is 0. The van der Waals surface area contributed by atoms with Gasteiger partial charge in [0, 0.05) is 7.11 Å². The van der Waals surface area contributed by atoms with Crippen LogP contribution in [0, 0.1) is 5.92 Å². The highest BCUT2D eigenvalue weighted by atomic mass is 19.3. The van der Waals surface area contributed by atoms with Crippen molar-refractivity contribution in [2.24, 2.45) is 11.7 Å². The minimum atomic E-state index is -2.48. The summed E-state index contributed by atoms with van der Waals surface area (Å²) in [5.41, 5.74) is 4.09. The molecule has 0 spiro atoms. The van der Waals surface area contributed by atoms with Gasteiger partial charge in [0.25, 0.3) is 6.43 Å². The van der Waals surface area contributed by atoms with Gasteiger partial charge in [0.15, 0.2) is 0 Å². The van der Waals surface area contributed by atoms with Crippen molar-refractivity contribution >= 4 is 0 Å². The van der Waals surface area contributed by atoms with Gasteiger partial charge in [0.05, 0.1) is 6.61 Å². The topological polar surface area (TPSA) is 35.2 Å². The Bertz CT molecular complexity index is 134. The molecule has 0 amide bonds. The molecule has 1 fully saturated rings. The van der Waals surface area contributed by atoms with E-state index in [4.69, 9.17) is 5.73 Å². The second kappa shape index (κ2) is 3.03. The monoisotopic (exact) mass is 165 g/mol. The number of ether oxygens (including phenoxy) is 1. The first-order valence-electron chi connectivity index (χ1n) is 3.67. The van der Waals surface area contributed by atoms with Crippen LogP contribution in [0.15, 0.2) is 0 Å². The van der Waals surface area contributed by atoms with Crippen LogP contribution in [-0.4, -0.2) is 25.7 Å². The van der Waals surface area contributed by atoms with E-state index in [1.165, 1.54) is 7.11 Å². The van der Waals surface area contributed by atoms with Crippen LogP contribution in [-0.2, 0) is 4.74 Å². The van der Waals surface area contributed by atoms with Gasteiger partial charge in [-0.05, 0) is 18.8 Å². The summed E-state index contributed by atoms with van der Waals surface area (Å²) in [6.45, 7) is -0.0463. The fraction of sp³-hybridized carbons (Fsp3) is 1.00. The van der Waals surface area contributed by atoms with Crippen molar-refractivity contribution in [2.45, 2.75) is 24.8 Å². The Balaban J connectivity index is 2.53. The largest absolute Gasteiger partial charge is 0.383 e. The molecule has 1 unspecified atom stereocenters. The molecular weight excluding hydrogens is 152 g/mol. The summed E-state index contributed by atoms with van der Waals surface area (Å²) in [4.78, 5) is 0. The molecule has 0 radical (unpaired) electrons. The Hall–Kier alpha value is -0.220. The molecular formula is C7H13F2NO. The van der Waals surface area contributed by atoms with E-state index in [1.807, 2.05) is 0 Å². The fourth-order valence-corrected chi connectivity index (χ4v) is 1.23.